The Balaban J connectivity index is 1.93. The molecular weight excluding hydrogens is 350 g/mol. The van der Waals surface area contributed by atoms with Crippen molar-refractivity contribution >= 4 is 17.2 Å². The molecule has 26 heavy (non-hydrogen) atoms. The fourth-order valence-electron chi connectivity index (χ4n) is 3.28. The van der Waals surface area contributed by atoms with E-state index in [4.69, 9.17) is 0 Å². The van der Waals surface area contributed by atoms with Gasteiger partial charge in [-0.05, 0) is 51.8 Å². The molecule has 0 saturated carbocycles. The highest BCUT2D eigenvalue weighted by Crippen LogP contribution is 2.29. The molecule has 1 aliphatic rings. The van der Waals surface area contributed by atoms with Crippen molar-refractivity contribution in [2.75, 3.05) is 13.1 Å². The first-order valence-corrected chi connectivity index (χ1v) is 9.65. The topological polar surface area (TPSA) is 88.9 Å². The van der Waals surface area contributed by atoms with Crippen LogP contribution in [0.2, 0.25) is 0 Å². The number of piperidine rings is 1. The van der Waals surface area contributed by atoms with Gasteiger partial charge in [0, 0.05) is 13.1 Å². The fourth-order valence-corrected chi connectivity index (χ4v) is 4.34. The lowest BCUT2D eigenvalue weighted by Gasteiger charge is -2.30. The Morgan fingerprint density at radius 1 is 1.31 bits per heavy atom. The Hall–Kier alpha value is -2.06. The Bertz CT molecular complexity index is 902. The third-order valence-corrected chi connectivity index (χ3v) is 6.22. The second-order valence-electron chi connectivity index (χ2n) is 7.00. The molecule has 1 fully saturated rings. The van der Waals surface area contributed by atoms with Crippen molar-refractivity contribution in [1.82, 2.24) is 25.4 Å². The van der Waals surface area contributed by atoms with E-state index in [-0.39, 0.29) is 17.5 Å². The maximum atomic E-state index is 12.8. The van der Waals surface area contributed by atoms with Crippen molar-refractivity contribution in [3.63, 3.8) is 0 Å². The van der Waals surface area contributed by atoms with Crippen molar-refractivity contribution in [2.45, 2.75) is 40.2 Å². The van der Waals surface area contributed by atoms with E-state index in [0.29, 0.717) is 27.1 Å². The molecular formula is C18H25N5O2S. The second-order valence-corrected chi connectivity index (χ2v) is 8.00. The molecule has 0 aromatic carbocycles. The summed E-state index contributed by atoms with van der Waals surface area (Å²) in [6, 6.07) is 0.159. The Morgan fingerprint density at radius 2 is 2.04 bits per heavy atom. The van der Waals surface area contributed by atoms with Gasteiger partial charge in [-0.15, -0.1) is 11.3 Å². The summed E-state index contributed by atoms with van der Waals surface area (Å²) < 4.78 is 1.32. The minimum Gasteiger partial charge on any atom is -0.348 e. The van der Waals surface area contributed by atoms with E-state index in [9.17, 15) is 9.59 Å². The van der Waals surface area contributed by atoms with Crippen LogP contribution >= 0.6 is 11.3 Å². The van der Waals surface area contributed by atoms with Crippen molar-refractivity contribution in [3.05, 3.63) is 32.2 Å². The molecule has 1 amide bonds. The van der Waals surface area contributed by atoms with Crippen molar-refractivity contribution < 1.29 is 4.79 Å². The van der Waals surface area contributed by atoms with E-state index >= 15 is 0 Å². The molecule has 2 aromatic rings. The summed E-state index contributed by atoms with van der Waals surface area (Å²) in [5.41, 5.74) is 2.58. The van der Waals surface area contributed by atoms with Gasteiger partial charge in [-0.1, -0.05) is 6.92 Å². The van der Waals surface area contributed by atoms with Crippen LogP contribution in [0, 0.1) is 26.7 Å². The van der Waals surface area contributed by atoms with E-state index in [2.05, 4.69) is 27.6 Å². The van der Waals surface area contributed by atoms with Gasteiger partial charge in [-0.3, -0.25) is 9.59 Å². The first kappa shape index (κ1) is 18.7. The standard InChI is InChI=1S/C18H25N5O2S/c1-9-8-19-7-6-13(9)21-16(24)15-12(4)20-17(26-15)14-10(2)11(3)22-23(5)18(14)25/h9,13,19H,6-8H2,1-5H3,(H,21,24). The summed E-state index contributed by atoms with van der Waals surface area (Å²) >= 11 is 1.28. The number of carbonyl (C=O) groups is 1. The molecule has 0 bridgehead atoms. The number of amides is 1. The Morgan fingerprint density at radius 3 is 2.73 bits per heavy atom. The number of rotatable bonds is 3. The van der Waals surface area contributed by atoms with E-state index in [1.165, 1.54) is 16.0 Å². The molecule has 2 N–H and O–H groups in total. The van der Waals surface area contributed by atoms with Crippen LogP contribution in [-0.2, 0) is 7.05 Å². The van der Waals surface area contributed by atoms with Crippen molar-refractivity contribution in [3.8, 4) is 10.6 Å². The molecule has 140 valence electrons. The number of aromatic nitrogens is 3. The maximum Gasteiger partial charge on any atom is 0.277 e. The molecule has 3 rings (SSSR count). The third kappa shape index (κ3) is 3.43. The Kier molecular flexibility index (Phi) is 5.24. The third-order valence-electron chi connectivity index (χ3n) is 5.04. The summed E-state index contributed by atoms with van der Waals surface area (Å²) in [6.07, 6.45) is 0.917. The first-order chi connectivity index (χ1) is 12.3. The zero-order valence-electron chi connectivity index (χ0n) is 15.8. The lowest BCUT2D eigenvalue weighted by atomic mass is 9.95. The van der Waals surface area contributed by atoms with Crippen LogP contribution in [0.15, 0.2) is 4.79 Å². The molecule has 0 radical (unpaired) electrons. The van der Waals surface area contributed by atoms with Gasteiger partial charge in [0.1, 0.15) is 9.88 Å². The largest absolute Gasteiger partial charge is 0.348 e. The monoisotopic (exact) mass is 375 g/mol. The van der Waals surface area contributed by atoms with Crippen molar-refractivity contribution in [1.29, 1.82) is 0 Å². The molecule has 0 spiro atoms. The second kappa shape index (κ2) is 7.28. The molecule has 3 heterocycles. The SMILES string of the molecule is Cc1nc(-c2c(C)c(C)nn(C)c2=O)sc1C(=O)NC1CCNCC1C. The van der Waals surface area contributed by atoms with Gasteiger partial charge in [-0.25, -0.2) is 9.67 Å². The summed E-state index contributed by atoms with van der Waals surface area (Å²) in [5, 5.41) is 11.3. The van der Waals surface area contributed by atoms with Crippen LogP contribution in [-0.4, -0.2) is 39.8 Å². The van der Waals surface area contributed by atoms with Crippen LogP contribution in [0.5, 0.6) is 0 Å². The molecule has 2 atom stereocenters. The van der Waals surface area contributed by atoms with Crippen LogP contribution in [0.3, 0.4) is 0 Å². The van der Waals surface area contributed by atoms with Gasteiger partial charge < -0.3 is 10.6 Å². The molecule has 1 aliphatic heterocycles. The summed E-state index contributed by atoms with van der Waals surface area (Å²) in [6.45, 7) is 9.50. The van der Waals surface area contributed by atoms with Crippen LogP contribution in [0.1, 0.15) is 40.0 Å². The van der Waals surface area contributed by atoms with E-state index in [1.54, 1.807) is 7.05 Å². The quantitative estimate of drug-likeness (QED) is 0.850. The molecule has 7 nitrogen and oxygen atoms in total. The average molecular weight is 375 g/mol. The van der Waals surface area contributed by atoms with Crippen LogP contribution in [0.4, 0.5) is 0 Å². The number of carbonyl (C=O) groups excluding carboxylic acids is 1. The van der Waals surface area contributed by atoms with Gasteiger partial charge >= 0.3 is 0 Å². The highest BCUT2D eigenvalue weighted by atomic mass is 32.1. The highest BCUT2D eigenvalue weighted by molar-refractivity contribution is 7.17. The van der Waals surface area contributed by atoms with Gasteiger partial charge in [0.05, 0.1) is 17.0 Å². The summed E-state index contributed by atoms with van der Waals surface area (Å²) in [4.78, 5) is 30.4. The molecule has 8 heteroatoms. The van der Waals surface area contributed by atoms with Crippen LogP contribution < -0.4 is 16.2 Å². The minimum absolute atomic E-state index is 0.106. The molecule has 2 unspecified atom stereocenters. The maximum absolute atomic E-state index is 12.8. The van der Waals surface area contributed by atoms with Crippen LogP contribution in [0.25, 0.3) is 10.6 Å². The number of hydrogen-bond donors (Lipinski definition) is 2. The Labute approximate surface area is 156 Å². The predicted molar refractivity (Wildman–Crippen MR) is 103 cm³/mol. The molecule has 2 aromatic heterocycles. The lowest BCUT2D eigenvalue weighted by molar-refractivity contribution is 0.0917. The number of hydrogen-bond acceptors (Lipinski definition) is 6. The van der Waals surface area contributed by atoms with Crippen molar-refractivity contribution in [2.24, 2.45) is 13.0 Å². The van der Waals surface area contributed by atoms with Gasteiger partial charge in [0.25, 0.3) is 11.5 Å². The lowest BCUT2D eigenvalue weighted by Crippen LogP contribution is -2.48. The predicted octanol–water partition coefficient (Wildman–Crippen LogP) is 1.56. The zero-order chi connectivity index (χ0) is 19.0. The van der Waals surface area contributed by atoms with Gasteiger partial charge in [0.15, 0.2) is 0 Å². The van der Waals surface area contributed by atoms with E-state index < -0.39 is 0 Å². The van der Waals surface area contributed by atoms with E-state index in [0.717, 1.165) is 30.8 Å². The number of aryl methyl sites for hydroxylation is 3. The van der Waals surface area contributed by atoms with Gasteiger partial charge in [-0.2, -0.15) is 5.10 Å². The number of thiazole rings is 1. The molecule has 1 saturated heterocycles. The number of nitrogens with one attached hydrogen (secondary N) is 2. The minimum atomic E-state index is -0.194. The molecule has 0 aliphatic carbocycles. The zero-order valence-corrected chi connectivity index (χ0v) is 16.7. The average Bonchev–Trinajstić information content (AvgIpc) is 2.97. The van der Waals surface area contributed by atoms with Gasteiger partial charge in [0.2, 0.25) is 0 Å². The number of nitrogens with zero attached hydrogens (tertiary/aromatic N) is 3. The smallest absolute Gasteiger partial charge is 0.277 e. The fraction of sp³-hybridized carbons (Fsp3) is 0.556. The highest BCUT2D eigenvalue weighted by Gasteiger charge is 2.26. The van der Waals surface area contributed by atoms with E-state index in [1.807, 2.05) is 20.8 Å². The normalized spacial score (nSPS) is 20.2. The first-order valence-electron chi connectivity index (χ1n) is 8.83. The summed E-state index contributed by atoms with van der Waals surface area (Å²) in [7, 11) is 1.63. The summed E-state index contributed by atoms with van der Waals surface area (Å²) in [5.74, 6) is 0.281.